The van der Waals surface area contributed by atoms with Gasteiger partial charge in [0.15, 0.2) is 0 Å². The number of carbonyl (C=O) groups excluding carboxylic acids is 1. The topological polar surface area (TPSA) is 87.6 Å². The molecule has 0 aliphatic rings. The van der Waals surface area contributed by atoms with Crippen molar-refractivity contribution in [1.29, 1.82) is 0 Å². The quantitative estimate of drug-likeness (QED) is 0.597. The summed E-state index contributed by atoms with van der Waals surface area (Å²) in [5, 5.41) is 0. The molecule has 0 rings (SSSR count). The molecule has 0 aromatic heterocycles. The molecule has 0 aromatic rings. The zero-order valence-corrected chi connectivity index (χ0v) is 11.2. The van der Waals surface area contributed by atoms with Crippen molar-refractivity contribution in [3.8, 4) is 0 Å². The molecule has 0 bridgehead atoms. The van der Waals surface area contributed by atoms with Crippen LogP contribution in [0, 0.1) is 0 Å². The van der Waals surface area contributed by atoms with Gasteiger partial charge in [0, 0.05) is 19.6 Å². The maximum Gasteiger partial charge on any atom is 0.217 e. The normalized spacial score (nSPS) is 13.6. The van der Waals surface area contributed by atoms with Gasteiger partial charge in [-0.05, 0) is 33.6 Å². The van der Waals surface area contributed by atoms with Crippen molar-refractivity contribution in [2.24, 2.45) is 11.5 Å². The molecule has 0 heterocycles. The second-order valence-corrected chi connectivity index (χ2v) is 4.83. The molecule has 5 heteroatoms. The second kappa shape index (κ2) is 8.44. The zero-order chi connectivity index (χ0) is 13.3. The predicted molar refractivity (Wildman–Crippen MR) is 67.5 cm³/mol. The van der Waals surface area contributed by atoms with Crippen LogP contribution in [0.4, 0.5) is 0 Å². The van der Waals surface area contributed by atoms with Crippen LogP contribution in [0.25, 0.3) is 0 Å². The number of carbonyl (C=O) groups is 1. The van der Waals surface area contributed by atoms with E-state index in [4.69, 9.17) is 20.9 Å². The smallest absolute Gasteiger partial charge is 0.217 e. The first-order valence-electron chi connectivity index (χ1n) is 6.11. The summed E-state index contributed by atoms with van der Waals surface area (Å²) in [5.41, 5.74) is 10.1. The van der Waals surface area contributed by atoms with E-state index in [-0.39, 0.29) is 17.6 Å². The Morgan fingerprint density at radius 3 is 2.53 bits per heavy atom. The lowest BCUT2D eigenvalue weighted by Gasteiger charge is -2.25. The Morgan fingerprint density at radius 2 is 2.00 bits per heavy atom. The van der Waals surface area contributed by atoms with Crippen molar-refractivity contribution in [3.63, 3.8) is 0 Å². The summed E-state index contributed by atoms with van der Waals surface area (Å²) < 4.78 is 11.1. The number of hydrogen-bond acceptors (Lipinski definition) is 4. The van der Waals surface area contributed by atoms with E-state index < -0.39 is 0 Å². The predicted octanol–water partition coefficient (Wildman–Crippen LogP) is 0.801. The van der Waals surface area contributed by atoms with Crippen molar-refractivity contribution >= 4 is 5.91 Å². The number of hydrogen-bond donors (Lipinski definition) is 2. The van der Waals surface area contributed by atoms with E-state index in [9.17, 15) is 4.79 Å². The Kier molecular flexibility index (Phi) is 8.12. The van der Waals surface area contributed by atoms with Gasteiger partial charge in [-0.3, -0.25) is 4.79 Å². The van der Waals surface area contributed by atoms with Gasteiger partial charge in [-0.1, -0.05) is 0 Å². The molecule has 0 fully saturated rings. The van der Waals surface area contributed by atoms with E-state index in [1.54, 1.807) is 0 Å². The van der Waals surface area contributed by atoms with Gasteiger partial charge in [0.2, 0.25) is 5.91 Å². The number of ether oxygens (including phenoxy) is 2. The summed E-state index contributed by atoms with van der Waals surface area (Å²) in [5.74, 6) is -0.290. The van der Waals surface area contributed by atoms with Crippen LogP contribution in [0.15, 0.2) is 0 Å². The van der Waals surface area contributed by atoms with E-state index >= 15 is 0 Å². The maximum absolute atomic E-state index is 10.7. The van der Waals surface area contributed by atoms with E-state index in [0.717, 1.165) is 6.42 Å². The van der Waals surface area contributed by atoms with E-state index in [1.807, 2.05) is 20.8 Å². The van der Waals surface area contributed by atoms with Gasteiger partial charge in [0.25, 0.3) is 0 Å². The summed E-state index contributed by atoms with van der Waals surface area (Å²) >= 11 is 0. The lowest BCUT2D eigenvalue weighted by molar-refractivity contribution is -0.120. The van der Waals surface area contributed by atoms with Crippen molar-refractivity contribution in [2.75, 3.05) is 19.8 Å². The molecule has 0 radical (unpaired) electrons. The van der Waals surface area contributed by atoms with Crippen LogP contribution in [-0.2, 0) is 14.3 Å². The van der Waals surface area contributed by atoms with E-state index in [0.29, 0.717) is 32.6 Å². The van der Waals surface area contributed by atoms with Crippen LogP contribution in [0.1, 0.15) is 40.0 Å². The Hall–Kier alpha value is -0.650. The highest BCUT2D eigenvalue weighted by molar-refractivity contribution is 5.73. The molecule has 0 aliphatic heterocycles. The van der Waals surface area contributed by atoms with E-state index in [1.165, 1.54) is 0 Å². The molecule has 0 saturated heterocycles. The third-order valence-corrected chi connectivity index (χ3v) is 2.51. The summed E-state index contributed by atoms with van der Waals surface area (Å²) in [6, 6.07) is 0. The highest BCUT2D eigenvalue weighted by atomic mass is 16.5. The van der Waals surface area contributed by atoms with Crippen molar-refractivity contribution < 1.29 is 14.3 Å². The highest BCUT2D eigenvalue weighted by Gasteiger charge is 2.19. The van der Waals surface area contributed by atoms with Gasteiger partial charge < -0.3 is 20.9 Å². The average Bonchev–Trinajstić information content (AvgIpc) is 2.23. The minimum Gasteiger partial charge on any atom is -0.377 e. The van der Waals surface area contributed by atoms with Crippen LogP contribution in [0.2, 0.25) is 0 Å². The Bertz CT molecular complexity index is 220. The molecular formula is C12H26N2O3. The number of primary amides is 1. The maximum atomic E-state index is 10.7. The first kappa shape index (κ1) is 16.4. The van der Waals surface area contributed by atoms with Crippen LogP contribution < -0.4 is 11.5 Å². The molecule has 0 saturated carbocycles. The highest BCUT2D eigenvalue weighted by Crippen LogP contribution is 2.17. The Labute approximate surface area is 104 Å². The average molecular weight is 246 g/mol. The summed E-state index contributed by atoms with van der Waals surface area (Å²) in [6.07, 6.45) is 1.96. The lowest BCUT2D eigenvalue weighted by Crippen LogP contribution is -2.28. The van der Waals surface area contributed by atoms with Gasteiger partial charge in [0.05, 0.1) is 18.3 Å². The summed E-state index contributed by atoms with van der Waals surface area (Å²) in [7, 11) is 0. The second-order valence-electron chi connectivity index (χ2n) is 4.83. The molecule has 0 spiro atoms. The summed E-state index contributed by atoms with van der Waals surface area (Å²) in [6.45, 7) is 7.64. The van der Waals surface area contributed by atoms with E-state index in [2.05, 4.69) is 0 Å². The molecule has 5 nitrogen and oxygen atoms in total. The van der Waals surface area contributed by atoms with Crippen molar-refractivity contribution in [1.82, 2.24) is 0 Å². The SMILES string of the molecule is CC(CCOC(C)(C)CCC(N)=O)OCCN. The number of rotatable bonds is 10. The van der Waals surface area contributed by atoms with Crippen LogP contribution in [0.3, 0.4) is 0 Å². The standard InChI is InChI=1S/C12H26N2O3/c1-10(16-9-7-13)5-8-17-12(2,3)6-4-11(14)15/h10H,4-9,13H2,1-3H3,(H2,14,15). The molecule has 0 aliphatic carbocycles. The fraction of sp³-hybridized carbons (Fsp3) is 0.917. The van der Waals surface area contributed by atoms with Crippen molar-refractivity contribution in [3.05, 3.63) is 0 Å². The van der Waals surface area contributed by atoms with Gasteiger partial charge >= 0.3 is 0 Å². The Morgan fingerprint density at radius 1 is 1.35 bits per heavy atom. The van der Waals surface area contributed by atoms with Crippen molar-refractivity contribution in [2.45, 2.75) is 51.7 Å². The molecule has 4 N–H and O–H groups in total. The fourth-order valence-electron chi connectivity index (χ4n) is 1.35. The van der Waals surface area contributed by atoms with Crippen LogP contribution >= 0.6 is 0 Å². The molecule has 1 atom stereocenters. The third-order valence-electron chi connectivity index (χ3n) is 2.51. The third kappa shape index (κ3) is 10.2. The first-order valence-corrected chi connectivity index (χ1v) is 6.11. The van der Waals surface area contributed by atoms with Gasteiger partial charge in [-0.2, -0.15) is 0 Å². The number of nitrogens with two attached hydrogens (primary N) is 2. The number of amides is 1. The largest absolute Gasteiger partial charge is 0.377 e. The van der Waals surface area contributed by atoms with Crippen LogP contribution in [0.5, 0.6) is 0 Å². The van der Waals surface area contributed by atoms with Crippen LogP contribution in [-0.4, -0.2) is 37.4 Å². The van der Waals surface area contributed by atoms with Gasteiger partial charge in [-0.25, -0.2) is 0 Å². The molecule has 1 amide bonds. The molecule has 1 unspecified atom stereocenters. The molecular weight excluding hydrogens is 220 g/mol. The fourth-order valence-corrected chi connectivity index (χ4v) is 1.35. The molecule has 102 valence electrons. The first-order chi connectivity index (χ1) is 7.87. The minimum absolute atomic E-state index is 0.144. The zero-order valence-electron chi connectivity index (χ0n) is 11.2. The minimum atomic E-state index is -0.317. The molecule has 0 aromatic carbocycles. The molecule has 17 heavy (non-hydrogen) atoms. The van der Waals surface area contributed by atoms with Gasteiger partial charge in [-0.15, -0.1) is 0 Å². The monoisotopic (exact) mass is 246 g/mol. The Balaban J connectivity index is 3.67. The summed E-state index contributed by atoms with van der Waals surface area (Å²) in [4.78, 5) is 10.7. The lowest BCUT2D eigenvalue weighted by atomic mass is 10.0. The van der Waals surface area contributed by atoms with Gasteiger partial charge in [0.1, 0.15) is 0 Å².